The van der Waals surface area contributed by atoms with Crippen LogP contribution >= 0.6 is 11.3 Å². The molecule has 2 rings (SSSR count). The Balaban J connectivity index is 2.33. The number of hydrogen-bond acceptors (Lipinski definition) is 6. The molecule has 0 unspecified atom stereocenters. The minimum Gasteiger partial charge on any atom is -0.296 e. The van der Waals surface area contributed by atoms with E-state index in [1.54, 1.807) is 31.2 Å². The molecule has 0 saturated heterocycles. The van der Waals surface area contributed by atoms with Crippen molar-refractivity contribution in [3.63, 3.8) is 0 Å². The fourth-order valence-electron chi connectivity index (χ4n) is 1.63. The van der Waals surface area contributed by atoms with Gasteiger partial charge in [-0.05, 0) is 19.1 Å². The number of sulfonamides is 1. The Bertz CT molecular complexity index is 770. The molecule has 1 aromatic heterocycles. The number of rotatable bonds is 4. The lowest BCUT2D eigenvalue weighted by Gasteiger charge is -2.19. The number of aromatic nitrogens is 2. The number of amides is 1. The van der Waals surface area contributed by atoms with Crippen LogP contribution in [0.1, 0.15) is 15.4 Å². The van der Waals surface area contributed by atoms with Gasteiger partial charge in [0.2, 0.25) is 15.2 Å². The van der Waals surface area contributed by atoms with Crippen molar-refractivity contribution in [2.24, 2.45) is 0 Å². The molecular formula is C12H14N4O3S2. The molecule has 0 radical (unpaired) electrons. The molecule has 0 fully saturated rings. The van der Waals surface area contributed by atoms with Gasteiger partial charge in [-0.15, -0.1) is 10.2 Å². The topological polar surface area (TPSA) is 92.3 Å². The Morgan fingerprint density at radius 2 is 1.95 bits per heavy atom. The molecule has 1 amide bonds. The molecule has 1 N–H and O–H groups in total. The van der Waals surface area contributed by atoms with E-state index in [4.69, 9.17) is 0 Å². The standard InChI is InChI=1S/C12H14N4O3S2/c1-8-14-15-12(20-8)13-11(17)9-6-4-5-7-10(9)16(2)21(3,18)19/h4-7H,1-3H3,(H,13,15,17). The molecule has 0 atom stereocenters. The molecule has 112 valence electrons. The predicted molar refractivity (Wildman–Crippen MR) is 82.3 cm³/mol. The van der Waals surface area contributed by atoms with Crippen LogP contribution in [-0.2, 0) is 10.0 Å². The number of nitrogens with zero attached hydrogens (tertiary/aromatic N) is 3. The molecule has 0 saturated carbocycles. The maximum atomic E-state index is 12.3. The number of carbonyl (C=O) groups is 1. The Hall–Kier alpha value is -2.00. The molecule has 0 aliphatic carbocycles. The maximum absolute atomic E-state index is 12.3. The summed E-state index contributed by atoms with van der Waals surface area (Å²) >= 11 is 1.24. The molecule has 9 heteroatoms. The first-order chi connectivity index (χ1) is 9.79. The summed E-state index contributed by atoms with van der Waals surface area (Å²) in [6.45, 7) is 1.78. The third kappa shape index (κ3) is 3.56. The Morgan fingerprint density at radius 3 is 2.52 bits per heavy atom. The number of benzene rings is 1. The summed E-state index contributed by atoms with van der Waals surface area (Å²) in [4.78, 5) is 12.3. The van der Waals surface area contributed by atoms with Crippen LogP contribution in [-0.4, -0.2) is 37.8 Å². The van der Waals surface area contributed by atoms with E-state index in [0.29, 0.717) is 10.8 Å². The van der Waals surface area contributed by atoms with E-state index in [1.807, 2.05) is 0 Å². The zero-order valence-electron chi connectivity index (χ0n) is 11.7. The number of aryl methyl sites for hydroxylation is 1. The summed E-state index contributed by atoms with van der Waals surface area (Å²) < 4.78 is 24.3. The van der Waals surface area contributed by atoms with Gasteiger partial charge in [0.15, 0.2) is 0 Å². The van der Waals surface area contributed by atoms with Crippen LogP contribution in [0, 0.1) is 6.92 Å². The molecule has 2 aromatic rings. The Labute approximate surface area is 126 Å². The average molecular weight is 326 g/mol. The van der Waals surface area contributed by atoms with Gasteiger partial charge >= 0.3 is 0 Å². The molecule has 0 aliphatic heterocycles. The second-order valence-corrected chi connectivity index (χ2v) is 7.52. The zero-order valence-corrected chi connectivity index (χ0v) is 13.3. The highest BCUT2D eigenvalue weighted by Crippen LogP contribution is 2.23. The van der Waals surface area contributed by atoms with Gasteiger partial charge in [0.05, 0.1) is 17.5 Å². The van der Waals surface area contributed by atoms with Crippen molar-refractivity contribution in [1.82, 2.24) is 10.2 Å². The fraction of sp³-hybridized carbons (Fsp3) is 0.250. The van der Waals surface area contributed by atoms with E-state index in [2.05, 4.69) is 15.5 Å². The van der Waals surface area contributed by atoms with E-state index in [9.17, 15) is 13.2 Å². The highest BCUT2D eigenvalue weighted by molar-refractivity contribution is 7.92. The van der Waals surface area contributed by atoms with E-state index in [-0.39, 0.29) is 5.56 Å². The number of para-hydroxylation sites is 1. The summed E-state index contributed by atoms with van der Waals surface area (Å²) in [5, 5.41) is 11.3. The lowest BCUT2D eigenvalue weighted by molar-refractivity contribution is 0.102. The molecule has 1 aromatic carbocycles. The normalized spacial score (nSPS) is 11.2. The van der Waals surface area contributed by atoms with Crippen molar-refractivity contribution in [1.29, 1.82) is 0 Å². The molecule has 0 bridgehead atoms. The minimum absolute atomic E-state index is 0.248. The SMILES string of the molecule is Cc1nnc(NC(=O)c2ccccc2N(C)S(C)(=O)=O)s1. The lowest BCUT2D eigenvalue weighted by Crippen LogP contribution is -2.27. The van der Waals surface area contributed by atoms with Crippen molar-refractivity contribution in [2.45, 2.75) is 6.92 Å². The minimum atomic E-state index is -3.45. The van der Waals surface area contributed by atoms with Gasteiger partial charge in [0.25, 0.3) is 5.91 Å². The first kappa shape index (κ1) is 15.4. The van der Waals surface area contributed by atoms with E-state index >= 15 is 0 Å². The largest absolute Gasteiger partial charge is 0.296 e. The lowest BCUT2D eigenvalue weighted by atomic mass is 10.1. The highest BCUT2D eigenvalue weighted by Gasteiger charge is 2.20. The van der Waals surface area contributed by atoms with Crippen LogP contribution in [0.25, 0.3) is 0 Å². The monoisotopic (exact) mass is 326 g/mol. The third-order valence-corrected chi connectivity index (χ3v) is 4.68. The Kier molecular flexibility index (Phi) is 4.24. The van der Waals surface area contributed by atoms with Crippen molar-refractivity contribution >= 4 is 38.1 Å². The predicted octanol–water partition coefficient (Wildman–Crippen LogP) is 1.49. The van der Waals surface area contributed by atoms with Crippen LogP contribution in [0.3, 0.4) is 0 Å². The fourth-order valence-corrected chi connectivity index (χ4v) is 2.73. The molecule has 0 spiro atoms. The molecule has 1 heterocycles. The van der Waals surface area contributed by atoms with Crippen molar-refractivity contribution in [3.05, 3.63) is 34.8 Å². The van der Waals surface area contributed by atoms with Crippen LogP contribution in [0.15, 0.2) is 24.3 Å². The van der Waals surface area contributed by atoms with E-state index in [1.165, 1.54) is 18.4 Å². The summed E-state index contributed by atoms with van der Waals surface area (Å²) in [7, 11) is -2.05. The first-order valence-corrected chi connectivity index (χ1v) is 8.60. The summed E-state index contributed by atoms with van der Waals surface area (Å²) in [6, 6.07) is 6.46. The summed E-state index contributed by atoms with van der Waals surface area (Å²) in [5.41, 5.74) is 0.553. The molecule has 0 aliphatic rings. The van der Waals surface area contributed by atoms with Crippen molar-refractivity contribution < 1.29 is 13.2 Å². The van der Waals surface area contributed by atoms with Crippen LogP contribution < -0.4 is 9.62 Å². The first-order valence-electron chi connectivity index (χ1n) is 5.93. The van der Waals surface area contributed by atoms with Gasteiger partial charge in [-0.3, -0.25) is 14.4 Å². The number of carbonyl (C=O) groups excluding carboxylic acids is 1. The number of nitrogens with one attached hydrogen (secondary N) is 1. The van der Waals surface area contributed by atoms with Gasteiger partial charge in [0.1, 0.15) is 5.01 Å². The van der Waals surface area contributed by atoms with Gasteiger partial charge in [0, 0.05) is 7.05 Å². The van der Waals surface area contributed by atoms with Crippen molar-refractivity contribution in [3.8, 4) is 0 Å². The number of hydrogen-bond donors (Lipinski definition) is 1. The zero-order chi connectivity index (χ0) is 15.6. The third-order valence-electron chi connectivity index (χ3n) is 2.73. The van der Waals surface area contributed by atoms with Gasteiger partial charge < -0.3 is 0 Å². The quantitative estimate of drug-likeness (QED) is 0.919. The average Bonchev–Trinajstić information content (AvgIpc) is 2.82. The van der Waals surface area contributed by atoms with Crippen LogP contribution in [0.5, 0.6) is 0 Å². The summed E-state index contributed by atoms with van der Waals surface area (Å²) in [6.07, 6.45) is 1.08. The van der Waals surface area contributed by atoms with E-state index < -0.39 is 15.9 Å². The van der Waals surface area contributed by atoms with E-state index in [0.717, 1.165) is 15.6 Å². The Morgan fingerprint density at radius 1 is 1.29 bits per heavy atom. The summed E-state index contributed by atoms with van der Waals surface area (Å²) in [5.74, 6) is -0.433. The van der Waals surface area contributed by atoms with Gasteiger partial charge in [-0.2, -0.15) is 0 Å². The van der Waals surface area contributed by atoms with Gasteiger partial charge in [-0.1, -0.05) is 23.5 Å². The highest BCUT2D eigenvalue weighted by atomic mass is 32.2. The molecular weight excluding hydrogens is 312 g/mol. The smallest absolute Gasteiger partial charge is 0.259 e. The second kappa shape index (κ2) is 5.78. The molecule has 7 nitrogen and oxygen atoms in total. The van der Waals surface area contributed by atoms with Gasteiger partial charge in [-0.25, -0.2) is 8.42 Å². The number of anilines is 2. The maximum Gasteiger partial charge on any atom is 0.259 e. The van der Waals surface area contributed by atoms with Crippen LogP contribution in [0.4, 0.5) is 10.8 Å². The van der Waals surface area contributed by atoms with Crippen molar-refractivity contribution in [2.75, 3.05) is 22.9 Å². The molecule has 21 heavy (non-hydrogen) atoms. The second-order valence-electron chi connectivity index (χ2n) is 4.33. The van der Waals surface area contributed by atoms with Crippen LogP contribution in [0.2, 0.25) is 0 Å².